The van der Waals surface area contributed by atoms with Gasteiger partial charge in [0.2, 0.25) is 0 Å². The molecule has 2 unspecified atom stereocenters. The Morgan fingerprint density at radius 2 is 1.50 bits per heavy atom. The van der Waals surface area contributed by atoms with Gasteiger partial charge in [0.1, 0.15) is 0 Å². The highest BCUT2D eigenvalue weighted by Crippen LogP contribution is 2.63. The molecule has 1 aromatic rings. The van der Waals surface area contributed by atoms with E-state index < -0.39 is 8.07 Å². The lowest BCUT2D eigenvalue weighted by molar-refractivity contribution is 0.111. The van der Waals surface area contributed by atoms with Crippen LogP contribution in [0.4, 0.5) is 0 Å². The molecule has 1 aliphatic rings. The van der Waals surface area contributed by atoms with E-state index in [1.54, 1.807) is 0 Å². The number of ether oxygens (including phenoxy) is 1. The normalized spacial score (nSPS) is 21.9. The molecule has 1 fully saturated rings. The van der Waals surface area contributed by atoms with Crippen LogP contribution in [0.15, 0.2) is 30.3 Å². The molecular weight excluding hydrogens is 284 g/mol. The Balaban J connectivity index is 1.92. The molecule has 0 spiro atoms. The summed E-state index contributed by atoms with van der Waals surface area (Å²) in [5.41, 5.74) is 4.88. The summed E-state index contributed by atoms with van der Waals surface area (Å²) in [5.74, 6) is 0.822. The van der Waals surface area contributed by atoms with Crippen molar-refractivity contribution in [1.29, 1.82) is 0 Å². The molecule has 2 atom stereocenters. The Labute approximate surface area is 138 Å². The van der Waals surface area contributed by atoms with Gasteiger partial charge in [0.25, 0.3) is 0 Å². The second-order valence-corrected chi connectivity index (χ2v) is 14.3. The lowest BCUT2D eigenvalue weighted by Gasteiger charge is -2.44. The number of benzene rings is 1. The maximum absolute atomic E-state index is 6.03. The van der Waals surface area contributed by atoms with Crippen molar-refractivity contribution in [2.24, 2.45) is 5.92 Å². The molecule has 1 nitrogen and oxygen atoms in total. The Hall–Kier alpha value is -0.603. The van der Waals surface area contributed by atoms with Crippen LogP contribution in [0.3, 0.4) is 0 Å². The number of hydrogen-bond acceptors (Lipinski definition) is 1. The zero-order chi connectivity index (χ0) is 16.3. The van der Waals surface area contributed by atoms with Gasteiger partial charge in [0.15, 0.2) is 0 Å². The monoisotopic (exact) mass is 318 g/mol. The molecule has 1 aromatic carbocycles. The summed E-state index contributed by atoms with van der Waals surface area (Å²) in [4.78, 5) is 0. The SMILES string of the molecule is CC(C)[Si](C(C)C)(C(C)C)C1CC1COCc1ccccc1. The van der Waals surface area contributed by atoms with Crippen molar-refractivity contribution in [3.8, 4) is 0 Å². The topological polar surface area (TPSA) is 9.23 Å². The molecule has 0 N–H and O–H groups in total. The van der Waals surface area contributed by atoms with Crippen molar-refractivity contribution in [3.63, 3.8) is 0 Å². The van der Waals surface area contributed by atoms with Crippen LogP contribution < -0.4 is 0 Å². The van der Waals surface area contributed by atoms with Gasteiger partial charge in [-0.05, 0) is 23.4 Å². The minimum Gasteiger partial charge on any atom is -0.376 e. The van der Waals surface area contributed by atoms with Gasteiger partial charge in [-0.3, -0.25) is 0 Å². The Morgan fingerprint density at radius 3 is 2.00 bits per heavy atom. The zero-order valence-electron chi connectivity index (χ0n) is 15.3. The number of hydrogen-bond donors (Lipinski definition) is 0. The first kappa shape index (κ1) is 17.7. The Bertz CT molecular complexity index is 430. The molecule has 0 heterocycles. The Kier molecular flexibility index (Phi) is 5.90. The first-order valence-electron chi connectivity index (χ1n) is 9.02. The van der Waals surface area contributed by atoms with E-state index in [0.29, 0.717) is 0 Å². The first-order valence-corrected chi connectivity index (χ1v) is 11.3. The lowest BCUT2D eigenvalue weighted by Crippen LogP contribution is -2.45. The fourth-order valence-corrected chi connectivity index (χ4v) is 13.4. The molecule has 2 heteroatoms. The third-order valence-electron chi connectivity index (χ3n) is 6.01. The molecule has 0 amide bonds. The second kappa shape index (κ2) is 7.31. The van der Waals surface area contributed by atoms with Gasteiger partial charge < -0.3 is 4.74 Å². The third kappa shape index (κ3) is 3.49. The van der Waals surface area contributed by atoms with Crippen molar-refractivity contribution >= 4 is 8.07 Å². The molecular formula is C20H34OSi. The minimum atomic E-state index is -1.27. The van der Waals surface area contributed by atoms with Gasteiger partial charge in [-0.2, -0.15) is 0 Å². The zero-order valence-corrected chi connectivity index (χ0v) is 16.3. The minimum absolute atomic E-state index is 0.768. The van der Waals surface area contributed by atoms with Crippen LogP contribution in [-0.4, -0.2) is 14.7 Å². The molecule has 0 bridgehead atoms. The molecule has 0 saturated heterocycles. The standard InChI is InChI=1S/C20H34OSi/c1-15(2)22(16(3)4,17(5)6)20-12-19(20)14-21-13-18-10-8-7-9-11-18/h7-11,15-17,19-20H,12-14H2,1-6H3. The summed E-state index contributed by atoms with van der Waals surface area (Å²) in [6.45, 7) is 16.6. The summed E-state index contributed by atoms with van der Waals surface area (Å²) < 4.78 is 6.03. The van der Waals surface area contributed by atoms with E-state index in [2.05, 4.69) is 71.9 Å². The van der Waals surface area contributed by atoms with Gasteiger partial charge in [-0.25, -0.2) is 0 Å². The van der Waals surface area contributed by atoms with Crippen molar-refractivity contribution in [2.75, 3.05) is 6.61 Å². The summed E-state index contributed by atoms with van der Waals surface area (Å²) >= 11 is 0. The average Bonchev–Trinajstić information content (AvgIpc) is 3.19. The molecule has 124 valence electrons. The molecule has 2 rings (SSSR count). The third-order valence-corrected chi connectivity index (χ3v) is 14.0. The van der Waals surface area contributed by atoms with Crippen LogP contribution in [-0.2, 0) is 11.3 Å². The molecule has 0 radical (unpaired) electrons. The average molecular weight is 319 g/mol. The molecule has 1 aliphatic carbocycles. The van der Waals surface area contributed by atoms with Gasteiger partial charge in [-0.1, -0.05) is 88.5 Å². The number of rotatable bonds is 8. The van der Waals surface area contributed by atoms with E-state index in [4.69, 9.17) is 4.74 Å². The molecule has 0 aromatic heterocycles. The quantitative estimate of drug-likeness (QED) is 0.513. The highest BCUT2D eigenvalue weighted by Gasteiger charge is 2.58. The fourth-order valence-electron chi connectivity index (χ4n) is 5.23. The summed E-state index contributed by atoms with van der Waals surface area (Å²) in [6.07, 6.45) is 1.41. The van der Waals surface area contributed by atoms with Crippen LogP contribution >= 0.6 is 0 Å². The molecule has 22 heavy (non-hydrogen) atoms. The largest absolute Gasteiger partial charge is 0.376 e. The predicted molar refractivity (Wildman–Crippen MR) is 99.0 cm³/mol. The van der Waals surface area contributed by atoms with Crippen molar-refractivity contribution in [1.82, 2.24) is 0 Å². The maximum atomic E-state index is 6.03. The van der Waals surface area contributed by atoms with E-state index in [9.17, 15) is 0 Å². The van der Waals surface area contributed by atoms with E-state index in [0.717, 1.165) is 41.3 Å². The molecule has 0 aliphatic heterocycles. The summed E-state index contributed by atoms with van der Waals surface area (Å²) in [7, 11) is -1.27. The smallest absolute Gasteiger partial charge is 0.0717 e. The van der Waals surface area contributed by atoms with E-state index in [1.807, 2.05) is 0 Å². The van der Waals surface area contributed by atoms with E-state index >= 15 is 0 Å². The van der Waals surface area contributed by atoms with Crippen molar-refractivity contribution in [2.45, 2.75) is 76.7 Å². The van der Waals surface area contributed by atoms with Crippen LogP contribution in [0.5, 0.6) is 0 Å². The summed E-state index contributed by atoms with van der Waals surface area (Å²) in [5, 5.41) is 0. The van der Waals surface area contributed by atoms with Crippen LogP contribution in [0.25, 0.3) is 0 Å². The lowest BCUT2D eigenvalue weighted by atomic mass is 10.2. The van der Waals surface area contributed by atoms with Crippen molar-refractivity contribution < 1.29 is 4.74 Å². The highest BCUT2D eigenvalue weighted by atomic mass is 28.3. The molecule has 1 saturated carbocycles. The van der Waals surface area contributed by atoms with Gasteiger partial charge in [0, 0.05) is 6.61 Å². The fraction of sp³-hybridized carbons (Fsp3) is 0.700. The predicted octanol–water partition coefficient (Wildman–Crippen LogP) is 6.27. The van der Waals surface area contributed by atoms with Crippen molar-refractivity contribution in [3.05, 3.63) is 35.9 Å². The first-order chi connectivity index (χ1) is 10.4. The second-order valence-electron chi connectivity index (χ2n) is 8.07. The maximum Gasteiger partial charge on any atom is 0.0717 e. The van der Waals surface area contributed by atoms with Gasteiger partial charge >= 0.3 is 0 Å². The van der Waals surface area contributed by atoms with Crippen LogP contribution in [0.2, 0.25) is 22.2 Å². The Morgan fingerprint density at radius 1 is 0.955 bits per heavy atom. The van der Waals surface area contributed by atoms with Gasteiger partial charge in [0.05, 0.1) is 14.7 Å². The van der Waals surface area contributed by atoms with E-state index in [1.165, 1.54) is 12.0 Å². The van der Waals surface area contributed by atoms with Crippen LogP contribution in [0.1, 0.15) is 53.5 Å². The highest BCUT2D eigenvalue weighted by molar-refractivity contribution is 6.85. The summed E-state index contributed by atoms with van der Waals surface area (Å²) in [6, 6.07) is 10.5. The van der Waals surface area contributed by atoms with E-state index in [-0.39, 0.29) is 0 Å². The van der Waals surface area contributed by atoms with Crippen LogP contribution in [0, 0.1) is 5.92 Å². The van der Waals surface area contributed by atoms with Gasteiger partial charge in [-0.15, -0.1) is 0 Å².